The second-order valence-corrected chi connectivity index (χ2v) is 8.00. The SMILES string of the molecule is CCOc1ccccc1NC(=O)C1=C(C)Nc2nc(CC)nn2C1c1ccc2c(c1)OCCO2. The quantitative estimate of drug-likeness (QED) is 0.574. The molecule has 0 saturated heterocycles. The van der Waals surface area contributed by atoms with E-state index in [2.05, 4.69) is 15.6 Å². The maximum atomic E-state index is 13.7. The number of para-hydroxylation sites is 2. The lowest BCUT2D eigenvalue weighted by Crippen LogP contribution is -2.31. The van der Waals surface area contributed by atoms with Crippen LogP contribution in [0.5, 0.6) is 17.2 Å². The fourth-order valence-electron chi connectivity index (χ4n) is 4.22. The molecule has 0 fully saturated rings. The van der Waals surface area contributed by atoms with E-state index in [0.717, 1.165) is 5.56 Å². The van der Waals surface area contributed by atoms with Crippen molar-refractivity contribution in [2.45, 2.75) is 33.2 Å². The molecule has 3 heterocycles. The minimum atomic E-state index is -0.501. The van der Waals surface area contributed by atoms with Crippen LogP contribution in [0.15, 0.2) is 53.7 Å². The first-order valence-corrected chi connectivity index (χ1v) is 11.4. The van der Waals surface area contributed by atoms with Gasteiger partial charge in [-0.05, 0) is 43.7 Å². The molecule has 1 unspecified atom stereocenters. The van der Waals surface area contributed by atoms with E-state index in [1.54, 1.807) is 4.68 Å². The van der Waals surface area contributed by atoms with Crippen molar-refractivity contribution >= 4 is 17.5 Å². The van der Waals surface area contributed by atoms with Crippen molar-refractivity contribution in [3.05, 3.63) is 65.1 Å². The van der Waals surface area contributed by atoms with Gasteiger partial charge in [-0.2, -0.15) is 10.1 Å². The molecule has 0 aliphatic carbocycles. The number of carbonyl (C=O) groups excluding carboxylic acids is 1. The van der Waals surface area contributed by atoms with Gasteiger partial charge in [0.15, 0.2) is 17.3 Å². The Bertz CT molecular complexity index is 1270. The Morgan fingerprint density at radius 2 is 1.97 bits per heavy atom. The summed E-state index contributed by atoms with van der Waals surface area (Å²) in [5.74, 6) is 3.00. The summed E-state index contributed by atoms with van der Waals surface area (Å²) in [5.41, 5.74) is 2.69. The van der Waals surface area contributed by atoms with Gasteiger partial charge in [-0.15, -0.1) is 0 Å². The highest BCUT2D eigenvalue weighted by Crippen LogP contribution is 2.40. The number of hydrogen-bond acceptors (Lipinski definition) is 7. The van der Waals surface area contributed by atoms with E-state index in [0.29, 0.717) is 72.2 Å². The van der Waals surface area contributed by atoms with E-state index in [1.807, 2.05) is 63.2 Å². The van der Waals surface area contributed by atoms with E-state index in [-0.39, 0.29) is 5.91 Å². The number of carbonyl (C=O) groups is 1. The molecule has 1 atom stereocenters. The largest absolute Gasteiger partial charge is 0.492 e. The van der Waals surface area contributed by atoms with Crippen molar-refractivity contribution in [3.8, 4) is 17.2 Å². The zero-order valence-electron chi connectivity index (χ0n) is 19.4. The first kappa shape index (κ1) is 21.8. The van der Waals surface area contributed by atoms with E-state index in [4.69, 9.17) is 19.3 Å². The van der Waals surface area contributed by atoms with Gasteiger partial charge in [0.05, 0.1) is 17.9 Å². The number of ether oxygens (including phenoxy) is 3. The smallest absolute Gasteiger partial charge is 0.255 e. The number of benzene rings is 2. The molecule has 2 aliphatic heterocycles. The van der Waals surface area contributed by atoms with Crippen LogP contribution >= 0.6 is 0 Å². The van der Waals surface area contributed by atoms with E-state index >= 15 is 0 Å². The van der Waals surface area contributed by atoms with E-state index < -0.39 is 6.04 Å². The summed E-state index contributed by atoms with van der Waals surface area (Å²) in [5, 5.41) is 11.0. The summed E-state index contributed by atoms with van der Waals surface area (Å²) in [6.07, 6.45) is 0.678. The molecule has 34 heavy (non-hydrogen) atoms. The lowest BCUT2D eigenvalue weighted by molar-refractivity contribution is -0.113. The molecule has 3 aromatic rings. The van der Waals surface area contributed by atoms with E-state index in [9.17, 15) is 4.79 Å². The molecular formula is C25H27N5O4. The van der Waals surface area contributed by atoms with Crippen LogP contribution in [0.25, 0.3) is 0 Å². The summed E-state index contributed by atoms with van der Waals surface area (Å²) in [6, 6.07) is 12.6. The number of hydrogen-bond donors (Lipinski definition) is 2. The molecule has 9 nitrogen and oxygen atoms in total. The molecule has 1 amide bonds. The third-order valence-electron chi connectivity index (χ3n) is 5.77. The molecule has 0 spiro atoms. The van der Waals surface area contributed by atoms with Gasteiger partial charge in [-0.25, -0.2) is 4.68 Å². The average Bonchev–Trinajstić information content (AvgIpc) is 3.27. The Balaban J connectivity index is 1.57. The zero-order valence-corrected chi connectivity index (χ0v) is 19.4. The number of aromatic nitrogens is 3. The molecule has 0 bridgehead atoms. The Labute approximate surface area is 197 Å². The molecule has 2 aromatic carbocycles. The Morgan fingerprint density at radius 3 is 2.76 bits per heavy atom. The molecule has 9 heteroatoms. The number of rotatable bonds is 6. The highest BCUT2D eigenvalue weighted by molar-refractivity contribution is 6.06. The van der Waals surface area contributed by atoms with Gasteiger partial charge >= 0.3 is 0 Å². The fourth-order valence-corrected chi connectivity index (χ4v) is 4.22. The van der Waals surface area contributed by atoms with E-state index in [1.165, 1.54) is 0 Å². The number of aryl methyl sites for hydroxylation is 1. The predicted octanol–water partition coefficient (Wildman–Crippen LogP) is 3.94. The van der Waals surface area contributed by atoms with Gasteiger partial charge in [-0.3, -0.25) is 4.79 Å². The third-order valence-corrected chi connectivity index (χ3v) is 5.77. The molecule has 0 saturated carbocycles. The highest BCUT2D eigenvalue weighted by Gasteiger charge is 2.35. The molecule has 5 rings (SSSR count). The lowest BCUT2D eigenvalue weighted by Gasteiger charge is -2.29. The Morgan fingerprint density at radius 1 is 1.18 bits per heavy atom. The number of fused-ring (bicyclic) bond motifs is 2. The molecule has 0 radical (unpaired) electrons. The fraction of sp³-hybridized carbons (Fsp3) is 0.320. The van der Waals surface area contributed by atoms with Crippen molar-refractivity contribution in [1.82, 2.24) is 14.8 Å². The molecule has 176 valence electrons. The van der Waals surface area contributed by atoms with Gasteiger partial charge < -0.3 is 24.8 Å². The summed E-state index contributed by atoms with van der Waals surface area (Å²) < 4.78 is 19.0. The van der Waals surface area contributed by atoms with Crippen LogP contribution < -0.4 is 24.8 Å². The van der Waals surface area contributed by atoms with Gasteiger partial charge in [0.1, 0.15) is 25.0 Å². The second kappa shape index (κ2) is 9.09. The van der Waals surface area contributed by atoms with Crippen LogP contribution in [-0.2, 0) is 11.2 Å². The minimum absolute atomic E-state index is 0.253. The first-order valence-electron chi connectivity index (χ1n) is 11.4. The van der Waals surface area contributed by atoms with Crippen LogP contribution in [0.1, 0.15) is 38.2 Å². The third kappa shape index (κ3) is 3.93. The van der Waals surface area contributed by atoms with Crippen molar-refractivity contribution in [3.63, 3.8) is 0 Å². The number of allylic oxidation sites excluding steroid dienone is 1. The number of nitrogens with one attached hydrogen (secondary N) is 2. The number of nitrogens with zero attached hydrogens (tertiary/aromatic N) is 3. The summed E-state index contributed by atoms with van der Waals surface area (Å²) in [7, 11) is 0. The Kier molecular flexibility index (Phi) is 5.83. The second-order valence-electron chi connectivity index (χ2n) is 8.00. The molecule has 1 aromatic heterocycles. The van der Waals surface area contributed by atoms with Gasteiger partial charge in [0.25, 0.3) is 5.91 Å². The van der Waals surface area contributed by atoms with Crippen molar-refractivity contribution < 1.29 is 19.0 Å². The normalized spacial score (nSPS) is 16.5. The summed E-state index contributed by atoms with van der Waals surface area (Å²) in [6.45, 7) is 7.27. The van der Waals surface area contributed by atoms with Crippen molar-refractivity contribution in [1.29, 1.82) is 0 Å². The predicted molar refractivity (Wildman–Crippen MR) is 128 cm³/mol. The molecule has 2 N–H and O–H groups in total. The van der Waals surface area contributed by atoms with Gasteiger partial charge in [-0.1, -0.05) is 25.1 Å². The molecular weight excluding hydrogens is 434 g/mol. The van der Waals surface area contributed by atoms with Crippen molar-refractivity contribution in [2.75, 3.05) is 30.5 Å². The summed E-state index contributed by atoms with van der Waals surface area (Å²) >= 11 is 0. The van der Waals surface area contributed by atoms with Crippen LogP contribution in [0.3, 0.4) is 0 Å². The standard InChI is InChI=1S/C25H27N5O4/c1-4-21-28-25-26-15(3)22(24(31)27-17-8-6-7-9-18(17)32-5-2)23(30(25)29-21)16-10-11-19-20(14-16)34-13-12-33-19/h6-11,14,23H,4-5,12-13H2,1-3H3,(H,27,31)(H,26,28,29). The van der Waals surface area contributed by atoms with Gasteiger partial charge in [0, 0.05) is 12.1 Å². The lowest BCUT2D eigenvalue weighted by atomic mass is 9.94. The molecule has 2 aliphatic rings. The first-order chi connectivity index (χ1) is 16.6. The summed E-state index contributed by atoms with van der Waals surface area (Å²) in [4.78, 5) is 18.3. The van der Waals surface area contributed by atoms with Crippen molar-refractivity contribution in [2.24, 2.45) is 0 Å². The zero-order chi connectivity index (χ0) is 23.7. The monoisotopic (exact) mass is 461 g/mol. The van der Waals surface area contributed by atoms with Gasteiger partial charge in [0.2, 0.25) is 5.95 Å². The number of anilines is 2. The minimum Gasteiger partial charge on any atom is -0.492 e. The highest BCUT2D eigenvalue weighted by atomic mass is 16.6. The van der Waals surface area contributed by atoms with Crippen LogP contribution in [-0.4, -0.2) is 40.5 Å². The maximum absolute atomic E-state index is 13.7. The Hall–Kier alpha value is -4.01. The topological polar surface area (TPSA) is 99.5 Å². The maximum Gasteiger partial charge on any atom is 0.255 e. The number of amides is 1. The van der Waals surface area contributed by atoms with Crippen LogP contribution in [0, 0.1) is 0 Å². The van der Waals surface area contributed by atoms with Crippen LogP contribution in [0.4, 0.5) is 11.6 Å². The van der Waals surface area contributed by atoms with Crippen LogP contribution in [0.2, 0.25) is 0 Å². The average molecular weight is 462 g/mol.